The summed E-state index contributed by atoms with van der Waals surface area (Å²) in [5.41, 5.74) is 0.503. The highest BCUT2D eigenvalue weighted by Crippen LogP contribution is 2.39. The molecular weight excluding hydrogens is 334 g/mol. The molecule has 0 aliphatic heterocycles. The molecule has 2 saturated carbocycles. The Morgan fingerprint density at radius 2 is 1.07 bits per heavy atom. The smallest absolute Gasteiger partial charge is 0.0961 e. The van der Waals surface area contributed by atoms with Crippen molar-refractivity contribution in [3.63, 3.8) is 0 Å². The van der Waals surface area contributed by atoms with Crippen molar-refractivity contribution in [2.24, 2.45) is 11.8 Å². The fourth-order valence-electron chi connectivity index (χ4n) is 4.85. The van der Waals surface area contributed by atoms with Crippen molar-refractivity contribution in [3.8, 4) is 0 Å². The molecule has 0 amide bonds. The van der Waals surface area contributed by atoms with Crippen molar-refractivity contribution in [1.82, 2.24) is 0 Å². The third kappa shape index (κ3) is 5.48. The van der Waals surface area contributed by atoms with E-state index in [1.807, 2.05) is 6.07 Å². The van der Waals surface area contributed by atoms with E-state index in [0.717, 1.165) is 5.69 Å². The standard InChI is InChI=1S/C24H39NO2/c1-23(2,20-14-8-5-9-15-20)26-25(22-18-12-7-13-19-22)27-24(3,4)21-16-10-6-11-17-21/h7,12-13,18-21H,5-6,8-11,14-17H2,1-4H3. The summed E-state index contributed by atoms with van der Waals surface area (Å²) in [5, 5.41) is 1.74. The summed E-state index contributed by atoms with van der Waals surface area (Å²) in [5.74, 6) is 1.16. The predicted octanol–water partition coefficient (Wildman–Crippen LogP) is 7.07. The molecule has 2 aliphatic rings. The zero-order valence-corrected chi connectivity index (χ0v) is 17.9. The molecule has 2 fully saturated rings. The molecule has 2 aliphatic carbocycles. The van der Waals surface area contributed by atoms with Gasteiger partial charge < -0.3 is 0 Å². The third-order valence-electron chi connectivity index (χ3n) is 6.78. The van der Waals surface area contributed by atoms with Gasteiger partial charge in [-0.2, -0.15) is 0 Å². The minimum Gasteiger partial charge on any atom is -0.242 e. The molecule has 0 heterocycles. The quantitative estimate of drug-likeness (QED) is 0.477. The number of nitrogens with zero attached hydrogens (tertiary/aromatic N) is 1. The average molecular weight is 374 g/mol. The first-order chi connectivity index (χ1) is 12.9. The second kappa shape index (κ2) is 8.96. The third-order valence-corrected chi connectivity index (χ3v) is 6.78. The Kier molecular flexibility index (Phi) is 6.86. The summed E-state index contributed by atoms with van der Waals surface area (Å²) in [6.45, 7) is 8.93. The number of hydrogen-bond acceptors (Lipinski definition) is 3. The van der Waals surface area contributed by atoms with E-state index in [1.165, 1.54) is 64.2 Å². The summed E-state index contributed by atoms with van der Waals surface area (Å²) >= 11 is 0. The van der Waals surface area contributed by atoms with Crippen LogP contribution in [0.25, 0.3) is 0 Å². The van der Waals surface area contributed by atoms with Gasteiger partial charge in [0.1, 0.15) is 0 Å². The van der Waals surface area contributed by atoms with E-state index in [4.69, 9.17) is 9.68 Å². The van der Waals surface area contributed by atoms with E-state index in [-0.39, 0.29) is 11.2 Å². The maximum absolute atomic E-state index is 6.60. The van der Waals surface area contributed by atoms with Crippen LogP contribution in [-0.2, 0) is 9.68 Å². The van der Waals surface area contributed by atoms with Gasteiger partial charge in [0.15, 0.2) is 0 Å². The molecule has 3 rings (SSSR count). The van der Waals surface area contributed by atoms with Gasteiger partial charge in [-0.25, -0.2) is 9.68 Å². The van der Waals surface area contributed by atoms with E-state index in [1.54, 1.807) is 5.23 Å². The molecule has 0 aromatic heterocycles. The Labute approximate surface area is 166 Å². The van der Waals surface area contributed by atoms with Crippen LogP contribution in [-0.4, -0.2) is 11.2 Å². The van der Waals surface area contributed by atoms with Crippen LogP contribution < -0.4 is 5.23 Å². The lowest BCUT2D eigenvalue weighted by Gasteiger charge is -2.44. The first kappa shape index (κ1) is 20.7. The van der Waals surface area contributed by atoms with Crippen LogP contribution in [0.5, 0.6) is 0 Å². The lowest BCUT2D eigenvalue weighted by Crippen LogP contribution is -2.48. The van der Waals surface area contributed by atoms with E-state index < -0.39 is 0 Å². The number of para-hydroxylation sites is 1. The van der Waals surface area contributed by atoms with Gasteiger partial charge >= 0.3 is 0 Å². The molecule has 1 aromatic rings. The highest BCUT2D eigenvalue weighted by molar-refractivity contribution is 5.41. The minimum atomic E-state index is -0.237. The molecule has 0 N–H and O–H groups in total. The molecule has 3 nitrogen and oxygen atoms in total. The van der Waals surface area contributed by atoms with Crippen molar-refractivity contribution in [2.75, 3.05) is 5.23 Å². The number of hydrogen-bond donors (Lipinski definition) is 0. The lowest BCUT2D eigenvalue weighted by atomic mass is 9.79. The topological polar surface area (TPSA) is 21.7 Å². The van der Waals surface area contributed by atoms with Gasteiger partial charge in [-0.3, -0.25) is 0 Å². The Morgan fingerprint density at radius 1 is 0.667 bits per heavy atom. The second-order valence-electron chi connectivity index (χ2n) is 9.65. The predicted molar refractivity (Wildman–Crippen MR) is 112 cm³/mol. The zero-order valence-electron chi connectivity index (χ0n) is 17.9. The average Bonchev–Trinajstić information content (AvgIpc) is 2.69. The molecule has 0 bridgehead atoms. The maximum Gasteiger partial charge on any atom is 0.0961 e. The molecule has 27 heavy (non-hydrogen) atoms. The molecule has 3 heteroatoms. The molecule has 0 unspecified atom stereocenters. The lowest BCUT2D eigenvalue weighted by molar-refractivity contribution is -0.230. The monoisotopic (exact) mass is 373 g/mol. The molecule has 0 radical (unpaired) electrons. The van der Waals surface area contributed by atoms with Crippen molar-refractivity contribution in [3.05, 3.63) is 30.3 Å². The van der Waals surface area contributed by atoms with Crippen molar-refractivity contribution in [1.29, 1.82) is 0 Å². The molecule has 1 aromatic carbocycles. The highest BCUT2D eigenvalue weighted by Gasteiger charge is 2.39. The van der Waals surface area contributed by atoms with E-state index in [9.17, 15) is 0 Å². The minimum absolute atomic E-state index is 0.237. The largest absolute Gasteiger partial charge is 0.242 e. The van der Waals surface area contributed by atoms with Gasteiger partial charge in [0, 0.05) is 0 Å². The summed E-state index contributed by atoms with van der Waals surface area (Å²) in [4.78, 5) is 13.2. The Balaban J connectivity index is 1.76. The molecule has 0 atom stereocenters. The van der Waals surface area contributed by atoms with Crippen LogP contribution in [0.4, 0.5) is 5.69 Å². The summed E-state index contributed by atoms with van der Waals surface area (Å²) in [6.07, 6.45) is 13.0. The Bertz CT molecular complexity index is 525. The SMILES string of the molecule is CC(C)(ON(OC(C)(C)C1CCCCC1)c1ccccc1)C1CCCCC1. The summed E-state index contributed by atoms with van der Waals surface area (Å²) in [7, 11) is 0. The van der Waals surface area contributed by atoms with Crippen LogP contribution in [0.3, 0.4) is 0 Å². The normalized spacial score (nSPS) is 20.6. The Morgan fingerprint density at radius 3 is 1.48 bits per heavy atom. The maximum atomic E-state index is 6.60. The number of benzene rings is 1. The van der Waals surface area contributed by atoms with Gasteiger partial charge in [-0.05, 0) is 77.3 Å². The van der Waals surface area contributed by atoms with E-state index in [2.05, 4.69) is 52.0 Å². The van der Waals surface area contributed by atoms with Crippen molar-refractivity contribution >= 4 is 5.69 Å². The van der Waals surface area contributed by atoms with E-state index >= 15 is 0 Å². The molecule has 0 saturated heterocycles. The van der Waals surface area contributed by atoms with Crippen LogP contribution >= 0.6 is 0 Å². The first-order valence-corrected chi connectivity index (χ1v) is 11.1. The molecular formula is C24H39NO2. The van der Waals surface area contributed by atoms with Crippen LogP contribution in [0.2, 0.25) is 0 Å². The van der Waals surface area contributed by atoms with Crippen LogP contribution in [0, 0.1) is 11.8 Å². The van der Waals surface area contributed by atoms with Crippen molar-refractivity contribution < 1.29 is 9.68 Å². The van der Waals surface area contributed by atoms with Crippen LogP contribution in [0.15, 0.2) is 30.3 Å². The molecule has 152 valence electrons. The Hall–Kier alpha value is -1.06. The fraction of sp³-hybridized carbons (Fsp3) is 0.750. The summed E-state index contributed by atoms with van der Waals surface area (Å²) in [6, 6.07) is 10.3. The zero-order chi connectivity index (χ0) is 19.3. The number of rotatable bonds is 7. The fourth-order valence-corrected chi connectivity index (χ4v) is 4.85. The first-order valence-electron chi connectivity index (χ1n) is 11.1. The van der Waals surface area contributed by atoms with Gasteiger partial charge in [0.2, 0.25) is 0 Å². The van der Waals surface area contributed by atoms with Gasteiger partial charge in [0.25, 0.3) is 0 Å². The van der Waals surface area contributed by atoms with Crippen molar-refractivity contribution in [2.45, 2.75) is 103 Å². The second-order valence-corrected chi connectivity index (χ2v) is 9.65. The highest BCUT2D eigenvalue weighted by atomic mass is 17.0. The van der Waals surface area contributed by atoms with Gasteiger partial charge in [-0.1, -0.05) is 56.7 Å². The molecule has 0 spiro atoms. The van der Waals surface area contributed by atoms with Crippen LogP contribution in [0.1, 0.15) is 91.9 Å². The number of anilines is 1. The van der Waals surface area contributed by atoms with Gasteiger partial charge in [-0.15, -0.1) is 5.23 Å². The van der Waals surface area contributed by atoms with Gasteiger partial charge in [0.05, 0.1) is 16.9 Å². The summed E-state index contributed by atoms with van der Waals surface area (Å²) < 4.78 is 0. The van der Waals surface area contributed by atoms with E-state index in [0.29, 0.717) is 11.8 Å².